The van der Waals surface area contributed by atoms with Crippen LogP contribution >= 0.6 is 0 Å². The SMILES string of the molecule is CCN1CCN(C(=O)c2cc3nc(C)c(C(OC(C)(C)C)C(=O)O)c(-c4cc(F)c5c(c4C)CCCO5)n3n2)CC1. The van der Waals surface area contributed by atoms with Gasteiger partial charge < -0.3 is 24.4 Å². The van der Waals surface area contributed by atoms with Crippen LogP contribution in [0.5, 0.6) is 5.75 Å². The fourth-order valence-electron chi connectivity index (χ4n) is 5.73. The Hall–Kier alpha value is -3.57. The Labute approximate surface area is 239 Å². The maximum atomic E-state index is 15.5. The lowest BCUT2D eigenvalue weighted by molar-refractivity contribution is -0.160. The van der Waals surface area contributed by atoms with Crippen LogP contribution in [-0.4, -0.2) is 86.3 Å². The molecule has 0 radical (unpaired) electrons. The zero-order valence-corrected chi connectivity index (χ0v) is 24.6. The maximum absolute atomic E-state index is 15.5. The highest BCUT2D eigenvalue weighted by atomic mass is 19.1. The molecule has 1 atom stereocenters. The smallest absolute Gasteiger partial charge is 0.337 e. The first-order valence-corrected chi connectivity index (χ1v) is 14.2. The van der Waals surface area contributed by atoms with Gasteiger partial charge in [-0.25, -0.2) is 18.7 Å². The summed E-state index contributed by atoms with van der Waals surface area (Å²) in [4.78, 5) is 34.9. The summed E-state index contributed by atoms with van der Waals surface area (Å²) in [5.74, 6) is -1.74. The van der Waals surface area contributed by atoms with Gasteiger partial charge in [0.2, 0.25) is 0 Å². The number of benzene rings is 1. The zero-order chi connectivity index (χ0) is 29.6. The lowest BCUT2D eigenvalue weighted by atomic mass is 9.91. The van der Waals surface area contributed by atoms with Crippen LogP contribution in [0, 0.1) is 19.7 Å². The van der Waals surface area contributed by atoms with E-state index in [2.05, 4.69) is 21.9 Å². The summed E-state index contributed by atoms with van der Waals surface area (Å²) in [7, 11) is 0. The van der Waals surface area contributed by atoms with Crippen LogP contribution in [0.25, 0.3) is 16.9 Å². The van der Waals surface area contributed by atoms with Crippen molar-refractivity contribution in [2.45, 2.75) is 66.1 Å². The minimum Gasteiger partial charge on any atom is -0.490 e. The van der Waals surface area contributed by atoms with Gasteiger partial charge in [-0.1, -0.05) is 6.92 Å². The summed E-state index contributed by atoms with van der Waals surface area (Å²) in [6.07, 6.45) is -0.0468. The Morgan fingerprint density at radius 1 is 1.17 bits per heavy atom. The minimum absolute atomic E-state index is 0.197. The number of carbonyl (C=O) groups is 2. The van der Waals surface area contributed by atoms with Gasteiger partial charge in [0, 0.05) is 54.6 Å². The highest BCUT2D eigenvalue weighted by Crippen LogP contribution is 2.41. The number of likely N-dealkylation sites (N-methyl/N-ethyl adjacent to an activating group) is 1. The Bertz CT molecular complexity index is 1500. The number of aromatic nitrogens is 3. The van der Waals surface area contributed by atoms with Gasteiger partial charge in [-0.15, -0.1) is 0 Å². The maximum Gasteiger partial charge on any atom is 0.337 e. The van der Waals surface area contributed by atoms with Crippen molar-refractivity contribution >= 4 is 17.5 Å². The molecule has 11 heteroatoms. The number of fused-ring (bicyclic) bond motifs is 2. The average molecular weight is 568 g/mol. The number of amides is 1. The minimum atomic E-state index is -1.41. The average Bonchev–Trinajstić information content (AvgIpc) is 3.36. The molecule has 2 aliphatic heterocycles. The molecule has 10 nitrogen and oxygen atoms in total. The number of carboxylic acid groups (broad SMARTS) is 1. The van der Waals surface area contributed by atoms with Crippen LogP contribution in [-0.2, 0) is 16.0 Å². The molecule has 0 saturated carbocycles. The van der Waals surface area contributed by atoms with Gasteiger partial charge >= 0.3 is 5.97 Å². The molecule has 4 heterocycles. The van der Waals surface area contributed by atoms with E-state index in [0.29, 0.717) is 48.7 Å². The fourth-order valence-corrected chi connectivity index (χ4v) is 5.73. The second-order valence-corrected chi connectivity index (χ2v) is 11.7. The molecule has 1 fully saturated rings. The van der Waals surface area contributed by atoms with E-state index < -0.39 is 23.5 Å². The number of rotatable bonds is 6. The molecule has 1 unspecified atom stereocenters. The molecule has 0 aliphatic carbocycles. The van der Waals surface area contributed by atoms with Gasteiger partial charge in [0.15, 0.2) is 29.0 Å². The van der Waals surface area contributed by atoms with Crippen molar-refractivity contribution in [3.8, 4) is 17.0 Å². The molecule has 3 aromatic rings. The third kappa shape index (κ3) is 5.52. The Morgan fingerprint density at radius 2 is 1.88 bits per heavy atom. The van der Waals surface area contributed by atoms with Crippen molar-refractivity contribution < 1.29 is 28.6 Å². The molecule has 2 aliphatic rings. The molecule has 5 rings (SSSR count). The summed E-state index contributed by atoms with van der Waals surface area (Å²) in [6, 6.07) is 2.97. The van der Waals surface area contributed by atoms with E-state index in [4.69, 9.17) is 9.47 Å². The first kappa shape index (κ1) is 28.9. The lowest BCUT2D eigenvalue weighted by Crippen LogP contribution is -2.48. The van der Waals surface area contributed by atoms with Crippen LogP contribution in [0.4, 0.5) is 4.39 Å². The molecular weight excluding hydrogens is 529 g/mol. The summed E-state index contributed by atoms with van der Waals surface area (Å²) in [5, 5.41) is 15.0. The fraction of sp³-hybridized carbons (Fsp3) is 0.533. The lowest BCUT2D eigenvalue weighted by Gasteiger charge is -2.33. The topological polar surface area (TPSA) is 110 Å². The third-order valence-corrected chi connectivity index (χ3v) is 7.80. The van der Waals surface area contributed by atoms with E-state index in [0.717, 1.165) is 37.2 Å². The molecule has 220 valence electrons. The predicted octanol–water partition coefficient (Wildman–Crippen LogP) is 4.20. The van der Waals surface area contributed by atoms with E-state index in [1.807, 2.05) is 6.92 Å². The highest BCUT2D eigenvalue weighted by molar-refractivity contribution is 5.94. The number of piperazine rings is 1. The molecule has 0 bridgehead atoms. The number of nitrogens with zero attached hydrogens (tertiary/aromatic N) is 5. The molecule has 0 spiro atoms. The van der Waals surface area contributed by atoms with Crippen molar-refractivity contribution in [1.82, 2.24) is 24.4 Å². The first-order chi connectivity index (χ1) is 19.4. The standard InChI is InChI=1S/C30H38FN5O5/c1-7-34-10-12-35(13-11-34)28(37)22-16-23-32-18(3)24(27(29(38)39)41-30(4,5)6)25(36(23)33-22)20-15-21(31)26-19(17(20)2)9-8-14-40-26/h15-16,27H,7-14H2,1-6H3,(H,38,39). The van der Waals surface area contributed by atoms with Crippen molar-refractivity contribution in [3.63, 3.8) is 0 Å². The molecule has 1 saturated heterocycles. The van der Waals surface area contributed by atoms with Crippen LogP contribution in [0.15, 0.2) is 12.1 Å². The second kappa shape index (κ2) is 11.0. The van der Waals surface area contributed by atoms with Crippen LogP contribution in [0.3, 0.4) is 0 Å². The highest BCUT2D eigenvalue weighted by Gasteiger charge is 2.35. The Kier molecular flexibility index (Phi) is 7.78. The molecule has 1 amide bonds. The van der Waals surface area contributed by atoms with Crippen molar-refractivity contribution in [2.24, 2.45) is 0 Å². The predicted molar refractivity (Wildman–Crippen MR) is 151 cm³/mol. The number of aliphatic carboxylic acids is 1. The summed E-state index contributed by atoms with van der Waals surface area (Å²) in [5.41, 5.74) is 2.70. The Balaban J connectivity index is 1.74. The first-order valence-electron chi connectivity index (χ1n) is 14.2. The number of halogens is 1. The number of carbonyl (C=O) groups excluding carboxylic acids is 1. The normalized spacial score (nSPS) is 16.9. The van der Waals surface area contributed by atoms with E-state index in [-0.39, 0.29) is 22.9 Å². The van der Waals surface area contributed by atoms with Crippen LogP contribution in [0.2, 0.25) is 0 Å². The molecule has 41 heavy (non-hydrogen) atoms. The summed E-state index contributed by atoms with van der Waals surface area (Å²) in [6.45, 7) is 15.1. The van der Waals surface area contributed by atoms with Crippen LogP contribution < -0.4 is 4.74 Å². The number of carboxylic acids is 1. The molecular formula is C30H38FN5O5. The summed E-state index contributed by atoms with van der Waals surface area (Å²) >= 11 is 0. The van der Waals surface area contributed by atoms with Gasteiger partial charge in [-0.05, 0) is 65.6 Å². The van der Waals surface area contributed by atoms with Gasteiger partial charge in [0.1, 0.15) is 0 Å². The molecule has 1 N–H and O–H groups in total. The largest absolute Gasteiger partial charge is 0.490 e. The zero-order valence-electron chi connectivity index (χ0n) is 24.6. The quantitative estimate of drug-likeness (QED) is 0.472. The van der Waals surface area contributed by atoms with E-state index in [1.54, 1.807) is 38.7 Å². The van der Waals surface area contributed by atoms with Crippen molar-refractivity contribution in [1.29, 1.82) is 0 Å². The second-order valence-electron chi connectivity index (χ2n) is 11.7. The number of hydrogen-bond acceptors (Lipinski definition) is 7. The van der Waals surface area contributed by atoms with Crippen molar-refractivity contribution in [3.05, 3.63) is 46.0 Å². The van der Waals surface area contributed by atoms with Crippen LogP contribution in [0.1, 0.15) is 73.1 Å². The monoisotopic (exact) mass is 567 g/mol. The van der Waals surface area contributed by atoms with Crippen molar-refractivity contribution in [2.75, 3.05) is 39.3 Å². The van der Waals surface area contributed by atoms with Gasteiger partial charge in [0.25, 0.3) is 5.91 Å². The van der Waals surface area contributed by atoms with Gasteiger partial charge in [0.05, 0.1) is 17.9 Å². The number of hydrogen-bond donors (Lipinski definition) is 1. The third-order valence-electron chi connectivity index (χ3n) is 7.80. The van der Waals surface area contributed by atoms with E-state index in [1.165, 1.54) is 10.6 Å². The van der Waals surface area contributed by atoms with E-state index in [9.17, 15) is 14.7 Å². The summed E-state index contributed by atoms with van der Waals surface area (Å²) < 4.78 is 28.7. The molecule has 1 aromatic carbocycles. The van der Waals surface area contributed by atoms with E-state index >= 15 is 4.39 Å². The van der Waals surface area contributed by atoms with Gasteiger partial charge in [-0.2, -0.15) is 5.10 Å². The van der Waals surface area contributed by atoms with Gasteiger partial charge in [-0.3, -0.25) is 4.79 Å². The number of aryl methyl sites for hydroxylation is 1. The Morgan fingerprint density at radius 3 is 2.51 bits per heavy atom. The molecule has 2 aromatic heterocycles. The number of ether oxygens (including phenoxy) is 2.